The van der Waals surface area contributed by atoms with Crippen LogP contribution in [0.15, 0.2) is 0 Å². The maximum absolute atomic E-state index is 13.2. The fourth-order valence-corrected chi connectivity index (χ4v) is 1.93. The van der Waals surface area contributed by atoms with Crippen molar-refractivity contribution in [2.75, 3.05) is 13.1 Å². The first-order valence-electron chi connectivity index (χ1n) is 5.59. The minimum atomic E-state index is -2.83. The Labute approximate surface area is 98.6 Å². The number of aliphatic carboxylic acids is 1. The van der Waals surface area contributed by atoms with Crippen molar-refractivity contribution in [1.82, 2.24) is 4.90 Å². The number of carboxylic acids is 1. The average molecular weight is 249 g/mol. The third-order valence-electron chi connectivity index (χ3n) is 3.02. The molecule has 0 bridgehead atoms. The molecular formula is C11H17F2NO3. The number of rotatable bonds is 4. The molecule has 0 radical (unpaired) electrons. The predicted octanol–water partition coefficient (Wildman–Crippen LogP) is 1.60. The maximum Gasteiger partial charge on any atom is 0.303 e. The number of likely N-dealkylation sites (tertiary alicyclic amines) is 1. The molecule has 6 heteroatoms. The summed E-state index contributed by atoms with van der Waals surface area (Å²) in [5, 5.41) is 8.54. The number of halogens is 2. The third-order valence-corrected chi connectivity index (χ3v) is 3.02. The van der Waals surface area contributed by atoms with Crippen molar-refractivity contribution < 1.29 is 23.5 Å². The second-order valence-electron chi connectivity index (χ2n) is 4.84. The number of carboxylic acid groups (broad SMARTS) is 1. The highest BCUT2D eigenvalue weighted by atomic mass is 19.3. The van der Waals surface area contributed by atoms with Gasteiger partial charge in [-0.2, -0.15) is 0 Å². The summed E-state index contributed by atoms with van der Waals surface area (Å²) in [6.45, 7) is 2.54. The number of nitrogens with zero attached hydrogens (tertiary/aromatic N) is 1. The molecule has 1 saturated heterocycles. The van der Waals surface area contributed by atoms with E-state index in [1.54, 1.807) is 6.92 Å². The standard InChI is InChI=1S/C11H17F2NO3/c1-7(4-10(16)17)3-9(15)14-5-8(2)11(12,13)6-14/h7-8H,3-6H2,1-2H3,(H,16,17). The van der Waals surface area contributed by atoms with Crippen molar-refractivity contribution >= 4 is 11.9 Å². The zero-order valence-corrected chi connectivity index (χ0v) is 9.95. The molecule has 2 atom stereocenters. The van der Waals surface area contributed by atoms with E-state index in [1.165, 1.54) is 6.92 Å². The Morgan fingerprint density at radius 3 is 2.47 bits per heavy atom. The third kappa shape index (κ3) is 3.64. The monoisotopic (exact) mass is 249 g/mol. The zero-order chi connectivity index (χ0) is 13.2. The molecule has 0 aliphatic carbocycles. The van der Waals surface area contributed by atoms with Crippen LogP contribution in [-0.4, -0.2) is 40.9 Å². The first kappa shape index (κ1) is 13.9. The van der Waals surface area contributed by atoms with Gasteiger partial charge in [0.05, 0.1) is 6.54 Å². The van der Waals surface area contributed by atoms with Gasteiger partial charge in [0.25, 0.3) is 5.92 Å². The number of alkyl halides is 2. The van der Waals surface area contributed by atoms with E-state index >= 15 is 0 Å². The van der Waals surface area contributed by atoms with Crippen molar-refractivity contribution in [3.05, 3.63) is 0 Å². The summed E-state index contributed by atoms with van der Waals surface area (Å²) in [6.07, 6.45) is -0.110. The highest BCUT2D eigenvalue weighted by Gasteiger charge is 2.46. The molecule has 1 fully saturated rings. The van der Waals surface area contributed by atoms with Gasteiger partial charge in [0.15, 0.2) is 0 Å². The van der Waals surface area contributed by atoms with Crippen LogP contribution >= 0.6 is 0 Å². The Morgan fingerprint density at radius 2 is 2.06 bits per heavy atom. The zero-order valence-electron chi connectivity index (χ0n) is 9.95. The van der Waals surface area contributed by atoms with Gasteiger partial charge in [-0.3, -0.25) is 9.59 Å². The van der Waals surface area contributed by atoms with E-state index in [0.717, 1.165) is 4.90 Å². The van der Waals surface area contributed by atoms with Crippen LogP contribution in [0.4, 0.5) is 8.78 Å². The van der Waals surface area contributed by atoms with Gasteiger partial charge in [-0.15, -0.1) is 0 Å². The van der Waals surface area contributed by atoms with E-state index in [2.05, 4.69) is 0 Å². The van der Waals surface area contributed by atoms with Crippen LogP contribution in [0.5, 0.6) is 0 Å². The van der Waals surface area contributed by atoms with Crippen LogP contribution in [0.25, 0.3) is 0 Å². The molecule has 1 aliphatic rings. The lowest BCUT2D eigenvalue weighted by molar-refractivity contribution is -0.138. The summed E-state index contributed by atoms with van der Waals surface area (Å²) in [4.78, 5) is 23.2. The van der Waals surface area contributed by atoms with Gasteiger partial charge < -0.3 is 10.0 Å². The fraction of sp³-hybridized carbons (Fsp3) is 0.818. The second-order valence-corrected chi connectivity index (χ2v) is 4.84. The highest BCUT2D eigenvalue weighted by Crippen LogP contribution is 2.33. The normalized spacial score (nSPS) is 24.7. The summed E-state index contributed by atoms with van der Waals surface area (Å²) in [5.74, 6) is -5.36. The van der Waals surface area contributed by atoms with Crippen LogP contribution in [-0.2, 0) is 9.59 Å². The number of carbonyl (C=O) groups is 2. The summed E-state index contributed by atoms with van der Waals surface area (Å²) in [6, 6.07) is 0. The lowest BCUT2D eigenvalue weighted by Crippen LogP contribution is -2.32. The van der Waals surface area contributed by atoms with Crippen molar-refractivity contribution in [2.45, 2.75) is 32.6 Å². The Bertz CT molecular complexity index is 320. The van der Waals surface area contributed by atoms with Crippen molar-refractivity contribution in [1.29, 1.82) is 0 Å². The SMILES string of the molecule is CC(CC(=O)O)CC(=O)N1CC(C)C(F)(F)C1. The van der Waals surface area contributed by atoms with Crippen LogP contribution < -0.4 is 0 Å². The minimum absolute atomic E-state index is 0.00903. The van der Waals surface area contributed by atoms with Crippen molar-refractivity contribution in [3.63, 3.8) is 0 Å². The molecule has 1 rings (SSSR count). The van der Waals surface area contributed by atoms with Crippen molar-refractivity contribution in [2.24, 2.45) is 11.8 Å². The molecular weight excluding hydrogens is 232 g/mol. The minimum Gasteiger partial charge on any atom is -0.481 e. The number of hydrogen-bond donors (Lipinski definition) is 1. The highest BCUT2D eigenvalue weighted by molar-refractivity contribution is 5.77. The Hall–Kier alpha value is -1.20. The molecule has 0 saturated carbocycles. The lowest BCUT2D eigenvalue weighted by atomic mass is 10.0. The van der Waals surface area contributed by atoms with Gasteiger partial charge in [0.2, 0.25) is 5.91 Å². The van der Waals surface area contributed by atoms with E-state index in [9.17, 15) is 18.4 Å². The van der Waals surface area contributed by atoms with Crippen LogP contribution in [0, 0.1) is 11.8 Å². The molecule has 1 aliphatic heterocycles. The Balaban J connectivity index is 2.47. The topological polar surface area (TPSA) is 57.6 Å². The molecule has 17 heavy (non-hydrogen) atoms. The summed E-state index contributed by atoms with van der Waals surface area (Å²) < 4.78 is 26.4. The smallest absolute Gasteiger partial charge is 0.303 e. The largest absolute Gasteiger partial charge is 0.481 e. The molecule has 0 spiro atoms. The Morgan fingerprint density at radius 1 is 1.47 bits per heavy atom. The molecule has 0 aromatic heterocycles. The first-order valence-corrected chi connectivity index (χ1v) is 5.59. The summed E-state index contributed by atoms with van der Waals surface area (Å²) in [7, 11) is 0. The van der Waals surface area contributed by atoms with Crippen LogP contribution in [0.2, 0.25) is 0 Å². The van der Waals surface area contributed by atoms with E-state index in [4.69, 9.17) is 5.11 Å². The predicted molar refractivity (Wildman–Crippen MR) is 56.7 cm³/mol. The van der Waals surface area contributed by atoms with Gasteiger partial charge >= 0.3 is 5.97 Å². The molecule has 1 N–H and O–H groups in total. The molecule has 4 nitrogen and oxygen atoms in total. The fourth-order valence-electron chi connectivity index (χ4n) is 1.93. The van der Waals surface area contributed by atoms with Gasteiger partial charge in [-0.25, -0.2) is 8.78 Å². The summed E-state index contributed by atoms with van der Waals surface area (Å²) >= 11 is 0. The van der Waals surface area contributed by atoms with E-state index in [0.29, 0.717) is 0 Å². The van der Waals surface area contributed by atoms with Gasteiger partial charge in [0.1, 0.15) is 0 Å². The van der Waals surface area contributed by atoms with Crippen LogP contribution in [0.3, 0.4) is 0 Å². The van der Waals surface area contributed by atoms with Gasteiger partial charge in [0, 0.05) is 25.3 Å². The quantitative estimate of drug-likeness (QED) is 0.823. The molecule has 1 amide bonds. The number of amides is 1. The van der Waals surface area contributed by atoms with Crippen LogP contribution in [0.1, 0.15) is 26.7 Å². The Kier molecular flexibility index (Phi) is 4.06. The molecule has 98 valence electrons. The van der Waals surface area contributed by atoms with E-state index in [-0.39, 0.29) is 31.2 Å². The number of carbonyl (C=O) groups excluding carboxylic acids is 1. The first-order chi connectivity index (χ1) is 7.72. The number of hydrogen-bond acceptors (Lipinski definition) is 2. The second kappa shape index (κ2) is 4.98. The maximum atomic E-state index is 13.2. The van der Waals surface area contributed by atoms with Crippen molar-refractivity contribution in [3.8, 4) is 0 Å². The molecule has 2 unspecified atom stereocenters. The average Bonchev–Trinajstić information content (AvgIpc) is 2.39. The molecule has 0 aromatic rings. The molecule has 0 aromatic carbocycles. The molecule has 1 heterocycles. The van der Waals surface area contributed by atoms with Gasteiger partial charge in [-0.1, -0.05) is 13.8 Å². The summed E-state index contributed by atoms with van der Waals surface area (Å²) in [5.41, 5.74) is 0. The lowest BCUT2D eigenvalue weighted by Gasteiger charge is -2.17. The van der Waals surface area contributed by atoms with Gasteiger partial charge in [-0.05, 0) is 5.92 Å². The van der Waals surface area contributed by atoms with E-state index in [1.807, 2.05) is 0 Å². The van der Waals surface area contributed by atoms with E-state index < -0.39 is 24.4 Å².